The van der Waals surface area contributed by atoms with E-state index in [-0.39, 0.29) is 24.9 Å². The van der Waals surface area contributed by atoms with Crippen LogP contribution in [0.15, 0.2) is 120 Å². The molecule has 11 heteroatoms. The number of fused-ring (bicyclic) bond motifs is 2. The van der Waals surface area contributed by atoms with Crippen molar-refractivity contribution in [1.29, 1.82) is 0 Å². The first-order valence-electron chi connectivity index (χ1n) is 16.2. The van der Waals surface area contributed by atoms with Gasteiger partial charge in [-0.2, -0.15) is 4.98 Å². The molecule has 11 nitrogen and oxygen atoms in total. The normalized spacial score (nSPS) is 21.2. The van der Waals surface area contributed by atoms with Gasteiger partial charge in [0.2, 0.25) is 0 Å². The second kappa shape index (κ2) is 13.5. The van der Waals surface area contributed by atoms with E-state index in [1.165, 1.54) is 4.57 Å². The molecule has 256 valence electrons. The molecule has 50 heavy (non-hydrogen) atoms. The summed E-state index contributed by atoms with van der Waals surface area (Å²) in [5.41, 5.74) is 0.285. The Bertz CT molecular complexity index is 1970. The number of rotatable bonds is 11. The van der Waals surface area contributed by atoms with Crippen LogP contribution in [0.5, 0.6) is 11.5 Å². The minimum Gasteiger partial charge on any atom is -0.497 e. The lowest BCUT2D eigenvalue weighted by Gasteiger charge is -2.39. The second-order valence-corrected chi connectivity index (χ2v) is 12.4. The number of carbonyl (C=O) groups is 1. The zero-order valence-corrected chi connectivity index (χ0v) is 27.8. The molecule has 4 unspecified atom stereocenters. The molecule has 4 aromatic carbocycles. The summed E-state index contributed by atoms with van der Waals surface area (Å²) in [6.45, 7) is 1.67. The summed E-state index contributed by atoms with van der Waals surface area (Å²) in [6.07, 6.45) is -1.43. The van der Waals surface area contributed by atoms with Gasteiger partial charge >= 0.3 is 5.69 Å². The molecular weight excluding hydrogens is 638 g/mol. The summed E-state index contributed by atoms with van der Waals surface area (Å²) in [4.78, 5) is 30.3. The number of anilines is 1. The Kier molecular flexibility index (Phi) is 8.98. The monoisotopic (exact) mass is 675 g/mol. The average Bonchev–Trinajstić information content (AvgIpc) is 3.62. The standard InChI is InChI=1S/C39H37N3O8/c1-25-22-42(37(45)41-34(25)40-35(44)26-10-6-4-7-11-26)36-32-33(43)38(50-36,23-48-32)24-49-39(27-12-8-5-9-13-27,28-14-18-30(46-2)19-15-28)29-16-20-31(47-3)21-17-29/h4-22,32-33,36,43H,23-24H2,1-3H3,(H,40,41,44,45). The Morgan fingerprint density at radius 3 is 2.04 bits per heavy atom. The highest BCUT2D eigenvalue weighted by atomic mass is 16.7. The third kappa shape index (κ3) is 5.84. The molecule has 2 aliphatic rings. The number of nitrogens with zero attached hydrogens (tertiary/aromatic N) is 2. The maximum absolute atomic E-state index is 13.4. The first-order valence-corrected chi connectivity index (χ1v) is 16.2. The van der Waals surface area contributed by atoms with Crippen molar-refractivity contribution in [2.75, 3.05) is 32.8 Å². The maximum Gasteiger partial charge on any atom is 0.351 e. The number of ether oxygens (including phenoxy) is 5. The lowest BCUT2D eigenvalue weighted by molar-refractivity contribution is -0.204. The molecule has 4 atom stereocenters. The van der Waals surface area contributed by atoms with Crippen LogP contribution in [-0.4, -0.2) is 65.8 Å². The molecule has 3 heterocycles. The summed E-state index contributed by atoms with van der Waals surface area (Å²) in [5, 5.41) is 14.4. The van der Waals surface area contributed by atoms with Crippen molar-refractivity contribution in [2.24, 2.45) is 0 Å². The van der Waals surface area contributed by atoms with Crippen molar-refractivity contribution in [3.05, 3.63) is 154 Å². The minimum absolute atomic E-state index is 0.0395. The molecule has 2 N–H and O–H groups in total. The highest BCUT2D eigenvalue weighted by Gasteiger charge is 2.63. The van der Waals surface area contributed by atoms with E-state index in [1.807, 2.05) is 84.9 Å². The lowest BCUT2D eigenvalue weighted by atomic mass is 9.79. The maximum atomic E-state index is 13.4. The van der Waals surface area contributed by atoms with E-state index < -0.39 is 35.3 Å². The van der Waals surface area contributed by atoms with Gasteiger partial charge < -0.3 is 34.1 Å². The van der Waals surface area contributed by atoms with Crippen molar-refractivity contribution in [3.8, 4) is 11.5 Å². The second-order valence-electron chi connectivity index (χ2n) is 12.4. The number of aryl methyl sites for hydroxylation is 1. The van der Waals surface area contributed by atoms with Crippen LogP contribution >= 0.6 is 0 Å². The number of aliphatic hydroxyl groups is 1. The molecule has 0 spiro atoms. The van der Waals surface area contributed by atoms with Gasteiger partial charge in [-0.15, -0.1) is 0 Å². The average molecular weight is 676 g/mol. The fraction of sp³-hybridized carbons (Fsp3) is 0.256. The van der Waals surface area contributed by atoms with Crippen molar-refractivity contribution in [3.63, 3.8) is 0 Å². The molecule has 2 saturated heterocycles. The van der Waals surface area contributed by atoms with Gasteiger partial charge in [-0.05, 0) is 60.0 Å². The fourth-order valence-electron chi connectivity index (χ4n) is 6.69. The van der Waals surface area contributed by atoms with E-state index in [1.54, 1.807) is 51.6 Å². The highest BCUT2D eigenvalue weighted by Crippen LogP contribution is 2.48. The minimum atomic E-state index is -1.32. The molecule has 1 aromatic heterocycles. The smallest absolute Gasteiger partial charge is 0.351 e. The van der Waals surface area contributed by atoms with E-state index >= 15 is 0 Å². The predicted molar refractivity (Wildman–Crippen MR) is 184 cm³/mol. The summed E-state index contributed by atoms with van der Waals surface area (Å²) >= 11 is 0. The zero-order chi connectivity index (χ0) is 34.9. The van der Waals surface area contributed by atoms with Crippen LogP contribution in [0.4, 0.5) is 5.82 Å². The van der Waals surface area contributed by atoms with Gasteiger partial charge in [0.25, 0.3) is 5.91 Å². The van der Waals surface area contributed by atoms with E-state index in [4.69, 9.17) is 23.7 Å². The first-order chi connectivity index (χ1) is 24.3. The molecular formula is C39H37N3O8. The van der Waals surface area contributed by atoms with Gasteiger partial charge in [0.15, 0.2) is 6.23 Å². The van der Waals surface area contributed by atoms with Gasteiger partial charge in [-0.1, -0.05) is 72.8 Å². The molecule has 5 aromatic rings. The number of aromatic nitrogens is 2. The van der Waals surface area contributed by atoms with Gasteiger partial charge in [-0.25, -0.2) is 4.79 Å². The molecule has 1 amide bonds. The van der Waals surface area contributed by atoms with Crippen molar-refractivity contribution in [1.82, 2.24) is 9.55 Å². The van der Waals surface area contributed by atoms with Gasteiger partial charge in [0, 0.05) is 17.3 Å². The zero-order valence-electron chi connectivity index (χ0n) is 27.8. The van der Waals surface area contributed by atoms with Gasteiger partial charge in [0.1, 0.15) is 40.7 Å². The van der Waals surface area contributed by atoms with E-state index in [0.717, 1.165) is 16.7 Å². The third-order valence-electron chi connectivity index (χ3n) is 9.39. The predicted octanol–water partition coefficient (Wildman–Crippen LogP) is 4.86. The molecule has 2 bridgehead atoms. The molecule has 0 radical (unpaired) electrons. The van der Waals surface area contributed by atoms with Crippen LogP contribution in [0.1, 0.15) is 38.8 Å². The number of carbonyl (C=O) groups excluding carboxylic acids is 1. The van der Waals surface area contributed by atoms with Crippen LogP contribution in [0.25, 0.3) is 0 Å². The fourth-order valence-corrected chi connectivity index (χ4v) is 6.69. The van der Waals surface area contributed by atoms with E-state index in [9.17, 15) is 14.7 Å². The Morgan fingerprint density at radius 2 is 1.46 bits per heavy atom. The Hall–Kier alpha value is -5.33. The Balaban J connectivity index is 1.22. The van der Waals surface area contributed by atoms with Crippen LogP contribution in [0, 0.1) is 6.92 Å². The number of nitrogens with one attached hydrogen (secondary N) is 1. The van der Waals surface area contributed by atoms with Gasteiger partial charge in [-0.3, -0.25) is 9.36 Å². The largest absolute Gasteiger partial charge is 0.497 e. The molecule has 2 fully saturated rings. The summed E-state index contributed by atoms with van der Waals surface area (Å²) in [5.74, 6) is 1.12. The van der Waals surface area contributed by atoms with Crippen molar-refractivity contribution < 1.29 is 33.6 Å². The summed E-state index contributed by atoms with van der Waals surface area (Å²) in [7, 11) is 3.22. The third-order valence-corrected chi connectivity index (χ3v) is 9.39. The van der Waals surface area contributed by atoms with Crippen molar-refractivity contribution >= 4 is 11.7 Å². The van der Waals surface area contributed by atoms with Crippen LogP contribution < -0.4 is 20.5 Å². The number of benzene rings is 4. The highest BCUT2D eigenvalue weighted by molar-refractivity contribution is 6.04. The quantitative estimate of drug-likeness (QED) is 0.189. The lowest BCUT2D eigenvalue weighted by Crippen LogP contribution is -2.48. The molecule has 0 aliphatic carbocycles. The van der Waals surface area contributed by atoms with Crippen molar-refractivity contribution in [2.45, 2.75) is 36.6 Å². The van der Waals surface area contributed by atoms with Crippen LogP contribution in [-0.2, 0) is 19.8 Å². The van der Waals surface area contributed by atoms with E-state index in [0.29, 0.717) is 22.6 Å². The van der Waals surface area contributed by atoms with Crippen LogP contribution in [0.3, 0.4) is 0 Å². The summed E-state index contributed by atoms with van der Waals surface area (Å²) in [6, 6.07) is 33.7. The summed E-state index contributed by atoms with van der Waals surface area (Å²) < 4.78 is 31.9. The molecule has 2 aliphatic heterocycles. The van der Waals surface area contributed by atoms with Gasteiger partial charge in [0.05, 0.1) is 27.4 Å². The van der Waals surface area contributed by atoms with E-state index in [2.05, 4.69) is 10.3 Å². The Labute approximate surface area is 289 Å². The Morgan fingerprint density at radius 1 is 0.900 bits per heavy atom. The number of hydrogen-bond acceptors (Lipinski definition) is 9. The topological polar surface area (TPSA) is 130 Å². The number of aliphatic hydroxyl groups excluding tert-OH is 1. The molecule has 7 rings (SSSR count). The first kappa shape index (κ1) is 33.2. The van der Waals surface area contributed by atoms with Crippen LogP contribution in [0.2, 0.25) is 0 Å². The SMILES string of the molecule is COc1ccc(C(OCC23COC(C(n4cc(C)c(NC(=O)c5ccccc5)nc4=O)O2)C3O)(c2ccccc2)c2ccc(OC)cc2)cc1. The number of methoxy groups -OCH3 is 2. The number of amides is 1. The molecule has 0 saturated carbocycles. The number of hydrogen-bond donors (Lipinski definition) is 2.